The van der Waals surface area contributed by atoms with Crippen LogP contribution in [0.3, 0.4) is 0 Å². The molecule has 3 aromatic rings. The predicted octanol–water partition coefficient (Wildman–Crippen LogP) is 3.82. The summed E-state index contributed by atoms with van der Waals surface area (Å²) in [7, 11) is 1.64. The van der Waals surface area contributed by atoms with Crippen molar-refractivity contribution in [1.82, 2.24) is 10.3 Å². The van der Waals surface area contributed by atoms with Gasteiger partial charge in [-0.25, -0.2) is 4.98 Å². The first-order chi connectivity index (χ1) is 12.6. The van der Waals surface area contributed by atoms with Gasteiger partial charge in [0.05, 0.1) is 19.3 Å². The molecule has 134 valence electrons. The molecule has 0 fully saturated rings. The van der Waals surface area contributed by atoms with E-state index in [1.165, 1.54) is 0 Å². The molecule has 1 amide bonds. The van der Waals surface area contributed by atoms with Crippen molar-refractivity contribution < 1.29 is 14.3 Å². The highest BCUT2D eigenvalue weighted by molar-refractivity contribution is 7.13. The van der Waals surface area contributed by atoms with E-state index in [-0.39, 0.29) is 12.5 Å². The van der Waals surface area contributed by atoms with Crippen molar-refractivity contribution in [2.24, 2.45) is 0 Å². The van der Waals surface area contributed by atoms with Crippen LogP contribution in [0, 0.1) is 6.92 Å². The highest BCUT2D eigenvalue weighted by Crippen LogP contribution is 2.25. The molecule has 0 aliphatic heterocycles. The molecule has 3 rings (SSSR count). The largest absolute Gasteiger partial charge is 0.497 e. The third-order valence-corrected chi connectivity index (χ3v) is 4.66. The van der Waals surface area contributed by atoms with Gasteiger partial charge in [-0.1, -0.05) is 12.1 Å². The Balaban J connectivity index is 1.50. The van der Waals surface area contributed by atoms with Crippen LogP contribution < -0.4 is 14.8 Å². The van der Waals surface area contributed by atoms with Gasteiger partial charge in [-0.15, -0.1) is 11.3 Å². The average molecular weight is 368 g/mol. The maximum absolute atomic E-state index is 11.9. The van der Waals surface area contributed by atoms with Gasteiger partial charge in [-0.3, -0.25) is 4.79 Å². The Morgan fingerprint density at radius 1 is 1.15 bits per heavy atom. The van der Waals surface area contributed by atoms with Gasteiger partial charge in [0.1, 0.15) is 16.5 Å². The van der Waals surface area contributed by atoms with Crippen molar-refractivity contribution in [3.63, 3.8) is 0 Å². The van der Waals surface area contributed by atoms with E-state index in [4.69, 9.17) is 9.47 Å². The molecule has 0 atom stereocenters. The minimum Gasteiger partial charge on any atom is -0.497 e. The predicted molar refractivity (Wildman–Crippen MR) is 103 cm³/mol. The fourth-order valence-electron chi connectivity index (χ4n) is 2.35. The lowest BCUT2D eigenvalue weighted by molar-refractivity contribution is -0.123. The Bertz CT molecular complexity index is 875. The summed E-state index contributed by atoms with van der Waals surface area (Å²) in [4.78, 5) is 16.5. The molecule has 0 aliphatic carbocycles. The van der Waals surface area contributed by atoms with Crippen molar-refractivity contribution in [2.45, 2.75) is 13.5 Å². The minimum atomic E-state index is -0.175. The highest BCUT2D eigenvalue weighted by Gasteiger charge is 2.07. The van der Waals surface area contributed by atoms with E-state index < -0.39 is 0 Å². The summed E-state index contributed by atoms with van der Waals surface area (Å²) in [6.07, 6.45) is 0. The Morgan fingerprint density at radius 2 is 1.96 bits per heavy atom. The monoisotopic (exact) mass is 368 g/mol. The fourth-order valence-corrected chi connectivity index (χ4v) is 3.17. The maximum atomic E-state index is 11.9. The van der Waals surface area contributed by atoms with Gasteiger partial charge in [0.2, 0.25) is 0 Å². The zero-order valence-electron chi connectivity index (χ0n) is 14.7. The first-order valence-corrected chi connectivity index (χ1v) is 9.07. The SMILES string of the molecule is COc1ccc(-c2nc(CNC(=O)COc3cccc(C)c3)cs2)cc1. The molecule has 0 radical (unpaired) electrons. The summed E-state index contributed by atoms with van der Waals surface area (Å²) >= 11 is 1.55. The van der Waals surface area contributed by atoms with Crippen LogP contribution in [-0.4, -0.2) is 24.6 Å². The number of nitrogens with one attached hydrogen (secondary N) is 1. The van der Waals surface area contributed by atoms with Gasteiger partial charge in [-0.2, -0.15) is 0 Å². The number of rotatable bonds is 7. The van der Waals surface area contributed by atoms with Crippen LogP contribution in [0.4, 0.5) is 0 Å². The van der Waals surface area contributed by atoms with E-state index in [0.29, 0.717) is 12.3 Å². The van der Waals surface area contributed by atoms with Crippen molar-refractivity contribution >= 4 is 17.2 Å². The summed E-state index contributed by atoms with van der Waals surface area (Å²) in [5.41, 5.74) is 2.94. The van der Waals surface area contributed by atoms with E-state index in [9.17, 15) is 4.79 Å². The molecule has 1 heterocycles. The number of hydrogen-bond acceptors (Lipinski definition) is 5. The lowest BCUT2D eigenvalue weighted by Crippen LogP contribution is -2.28. The quantitative estimate of drug-likeness (QED) is 0.689. The van der Waals surface area contributed by atoms with Gasteiger partial charge >= 0.3 is 0 Å². The van der Waals surface area contributed by atoms with Gasteiger partial charge in [0.25, 0.3) is 5.91 Å². The Kier molecular flexibility index (Phi) is 5.86. The fraction of sp³-hybridized carbons (Fsp3) is 0.200. The molecule has 0 unspecified atom stereocenters. The maximum Gasteiger partial charge on any atom is 0.258 e. The second-order valence-electron chi connectivity index (χ2n) is 5.75. The molecule has 0 spiro atoms. The van der Waals surface area contributed by atoms with Crippen LogP contribution in [0.2, 0.25) is 0 Å². The molecule has 26 heavy (non-hydrogen) atoms. The number of amides is 1. The number of aryl methyl sites for hydroxylation is 1. The van der Waals surface area contributed by atoms with E-state index in [0.717, 1.165) is 27.6 Å². The number of carbonyl (C=O) groups excluding carboxylic acids is 1. The lowest BCUT2D eigenvalue weighted by atomic mass is 10.2. The molecule has 2 aromatic carbocycles. The van der Waals surface area contributed by atoms with Gasteiger partial charge in [-0.05, 0) is 48.9 Å². The van der Waals surface area contributed by atoms with Crippen LogP contribution >= 0.6 is 11.3 Å². The van der Waals surface area contributed by atoms with Crippen LogP contribution in [0.1, 0.15) is 11.3 Å². The van der Waals surface area contributed by atoms with Crippen molar-refractivity contribution in [2.75, 3.05) is 13.7 Å². The molecule has 0 saturated heterocycles. The smallest absolute Gasteiger partial charge is 0.258 e. The summed E-state index contributed by atoms with van der Waals surface area (Å²) in [6.45, 7) is 2.34. The molecule has 5 nitrogen and oxygen atoms in total. The number of ether oxygens (including phenoxy) is 2. The molecule has 0 aliphatic rings. The Morgan fingerprint density at radius 3 is 2.69 bits per heavy atom. The van der Waals surface area contributed by atoms with Crippen molar-refractivity contribution in [3.8, 4) is 22.1 Å². The van der Waals surface area contributed by atoms with Crippen LogP contribution in [0.15, 0.2) is 53.9 Å². The average Bonchev–Trinajstić information content (AvgIpc) is 3.14. The summed E-state index contributed by atoms with van der Waals surface area (Å²) < 4.78 is 10.7. The van der Waals surface area contributed by atoms with E-state index in [2.05, 4.69) is 10.3 Å². The molecular weight excluding hydrogens is 348 g/mol. The van der Waals surface area contributed by atoms with Crippen molar-refractivity contribution in [3.05, 3.63) is 65.2 Å². The third kappa shape index (κ3) is 4.83. The summed E-state index contributed by atoms with van der Waals surface area (Å²) in [5.74, 6) is 1.33. The second kappa shape index (κ2) is 8.49. The number of hydrogen-bond donors (Lipinski definition) is 1. The summed E-state index contributed by atoms with van der Waals surface area (Å²) in [5, 5.41) is 5.68. The molecule has 1 N–H and O–H groups in total. The normalized spacial score (nSPS) is 10.4. The van der Waals surface area contributed by atoms with Gasteiger partial charge in [0.15, 0.2) is 6.61 Å². The third-order valence-electron chi connectivity index (χ3n) is 3.71. The van der Waals surface area contributed by atoms with E-state index in [1.54, 1.807) is 18.4 Å². The Labute approximate surface area is 156 Å². The molecule has 1 aromatic heterocycles. The van der Waals surface area contributed by atoms with E-state index in [1.807, 2.05) is 60.8 Å². The number of carbonyl (C=O) groups is 1. The lowest BCUT2D eigenvalue weighted by Gasteiger charge is -2.07. The first kappa shape index (κ1) is 17.9. The van der Waals surface area contributed by atoms with Gasteiger partial charge in [0, 0.05) is 10.9 Å². The number of aromatic nitrogens is 1. The Hall–Kier alpha value is -2.86. The van der Waals surface area contributed by atoms with Crippen LogP contribution in [-0.2, 0) is 11.3 Å². The van der Waals surface area contributed by atoms with Crippen molar-refractivity contribution in [1.29, 1.82) is 0 Å². The standard InChI is InChI=1S/C20H20N2O3S/c1-14-4-3-5-18(10-14)25-12-19(23)21-11-16-13-26-20(22-16)15-6-8-17(24-2)9-7-15/h3-10,13H,11-12H2,1-2H3,(H,21,23). The zero-order chi connectivity index (χ0) is 18.4. The number of methoxy groups -OCH3 is 1. The van der Waals surface area contributed by atoms with Crippen LogP contribution in [0.5, 0.6) is 11.5 Å². The highest BCUT2D eigenvalue weighted by atomic mass is 32.1. The van der Waals surface area contributed by atoms with Crippen LogP contribution in [0.25, 0.3) is 10.6 Å². The molecule has 0 saturated carbocycles. The number of nitrogens with zero attached hydrogens (tertiary/aromatic N) is 1. The molecular formula is C20H20N2O3S. The zero-order valence-corrected chi connectivity index (χ0v) is 15.5. The van der Waals surface area contributed by atoms with Gasteiger partial charge < -0.3 is 14.8 Å². The molecule has 6 heteroatoms. The second-order valence-corrected chi connectivity index (χ2v) is 6.61. The molecule has 0 bridgehead atoms. The summed E-state index contributed by atoms with van der Waals surface area (Å²) in [6, 6.07) is 15.4. The number of benzene rings is 2. The number of thiazole rings is 1. The minimum absolute atomic E-state index is 0.0150. The first-order valence-electron chi connectivity index (χ1n) is 8.19. The topological polar surface area (TPSA) is 60.5 Å². The van der Waals surface area contributed by atoms with E-state index >= 15 is 0 Å².